The van der Waals surface area contributed by atoms with E-state index in [2.05, 4.69) is 0 Å². The Morgan fingerprint density at radius 3 is 2.85 bits per heavy atom. The number of carbonyl (C=O) groups is 2. The van der Waals surface area contributed by atoms with Crippen LogP contribution in [0.3, 0.4) is 0 Å². The predicted octanol–water partition coefficient (Wildman–Crippen LogP) is 1.18. The van der Waals surface area contributed by atoms with Crippen LogP contribution in [0.4, 0.5) is 11.4 Å². The maximum absolute atomic E-state index is 11.9. The zero-order valence-corrected chi connectivity index (χ0v) is 10.6. The van der Waals surface area contributed by atoms with Gasteiger partial charge in [-0.1, -0.05) is 6.92 Å². The first-order valence-corrected chi connectivity index (χ1v) is 5.91. The zero-order chi connectivity index (χ0) is 14.9. The van der Waals surface area contributed by atoms with E-state index in [9.17, 15) is 19.7 Å². The van der Waals surface area contributed by atoms with Crippen LogP contribution in [0.15, 0.2) is 18.2 Å². The van der Waals surface area contributed by atoms with Crippen LogP contribution in [0, 0.1) is 10.1 Å². The second kappa shape index (κ2) is 5.16. The first kappa shape index (κ1) is 13.8. The number of nitro benzene ring substituents is 1. The highest BCUT2D eigenvalue weighted by atomic mass is 16.6. The lowest BCUT2D eigenvalue weighted by molar-refractivity contribution is -0.384. The molecule has 1 unspecified atom stereocenters. The summed E-state index contributed by atoms with van der Waals surface area (Å²) in [5.41, 5.74) is 0.0579. The van der Waals surface area contributed by atoms with E-state index in [4.69, 9.17) is 9.84 Å². The smallest absolute Gasteiger partial charge is 0.326 e. The van der Waals surface area contributed by atoms with E-state index in [1.54, 1.807) is 6.92 Å². The summed E-state index contributed by atoms with van der Waals surface area (Å²) in [6.45, 7) is 1.31. The number of hydrogen-bond acceptors (Lipinski definition) is 5. The molecule has 1 atom stereocenters. The summed E-state index contributed by atoms with van der Waals surface area (Å²) >= 11 is 0. The average molecular weight is 280 g/mol. The summed E-state index contributed by atoms with van der Waals surface area (Å²) in [4.78, 5) is 34.3. The van der Waals surface area contributed by atoms with Gasteiger partial charge < -0.3 is 9.84 Å². The maximum Gasteiger partial charge on any atom is 0.326 e. The molecule has 0 aromatic heterocycles. The van der Waals surface area contributed by atoms with E-state index in [1.807, 2.05) is 0 Å². The first-order chi connectivity index (χ1) is 9.45. The number of benzene rings is 1. The highest BCUT2D eigenvalue weighted by Crippen LogP contribution is 2.36. The van der Waals surface area contributed by atoms with Crippen LogP contribution in [-0.4, -0.2) is 34.6 Å². The molecule has 1 heterocycles. The van der Waals surface area contributed by atoms with Crippen molar-refractivity contribution in [1.29, 1.82) is 0 Å². The third kappa shape index (κ3) is 2.27. The number of nitro groups is 1. The van der Waals surface area contributed by atoms with E-state index >= 15 is 0 Å². The largest absolute Gasteiger partial charge is 0.481 e. The van der Waals surface area contributed by atoms with Gasteiger partial charge in [-0.15, -0.1) is 0 Å². The molecule has 1 aromatic rings. The average Bonchev–Trinajstić information content (AvgIpc) is 2.41. The van der Waals surface area contributed by atoms with Crippen LogP contribution in [0.1, 0.15) is 13.3 Å². The number of fused-ring (bicyclic) bond motifs is 1. The second-order valence-electron chi connectivity index (χ2n) is 4.22. The summed E-state index contributed by atoms with van der Waals surface area (Å²) in [6, 6.07) is 2.70. The third-order valence-corrected chi connectivity index (χ3v) is 3.02. The minimum atomic E-state index is -1.13. The number of carboxylic acid groups (broad SMARTS) is 1. The van der Waals surface area contributed by atoms with Crippen molar-refractivity contribution < 1.29 is 24.4 Å². The molecule has 106 valence electrons. The van der Waals surface area contributed by atoms with E-state index in [1.165, 1.54) is 18.2 Å². The topological polar surface area (TPSA) is 110 Å². The molecule has 1 aliphatic heterocycles. The number of nitrogens with zero attached hydrogens (tertiary/aromatic N) is 2. The molecule has 1 aromatic carbocycles. The van der Waals surface area contributed by atoms with Gasteiger partial charge in [-0.25, -0.2) is 4.79 Å². The summed E-state index contributed by atoms with van der Waals surface area (Å²) < 4.78 is 5.14. The molecule has 1 amide bonds. The van der Waals surface area contributed by atoms with Gasteiger partial charge in [-0.3, -0.25) is 19.8 Å². The monoisotopic (exact) mass is 280 g/mol. The fourth-order valence-electron chi connectivity index (χ4n) is 2.08. The van der Waals surface area contributed by atoms with Crippen LogP contribution < -0.4 is 9.64 Å². The Morgan fingerprint density at radius 1 is 1.60 bits per heavy atom. The van der Waals surface area contributed by atoms with Gasteiger partial charge >= 0.3 is 5.97 Å². The Labute approximate surface area is 113 Å². The number of rotatable bonds is 4. The molecular weight excluding hydrogens is 268 g/mol. The van der Waals surface area contributed by atoms with Gasteiger partial charge in [0, 0.05) is 6.07 Å². The molecule has 8 heteroatoms. The van der Waals surface area contributed by atoms with Crippen LogP contribution in [-0.2, 0) is 9.59 Å². The molecule has 20 heavy (non-hydrogen) atoms. The van der Waals surface area contributed by atoms with Crippen molar-refractivity contribution in [2.45, 2.75) is 19.4 Å². The Bertz CT molecular complexity index is 585. The van der Waals surface area contributed by atoms with Crippen molar-refractivity contribution in [3.8, 4) is 5.75 Å². The molecule has 0 radical (unpaired) electrons. The Morgan fingerprint density at radius 2 is 2.30 bits per heavy atom. The molecule has 1 N–H and O–H groups in total. The SMILES string of the molecule is CCC(C(=O)O)N1C(=O)COc2cc([N+](=O)[O-])ccc21. The number of non-ortho nitro benzene ring substituents is 1. The van der Waals surface area contributed by atoms with E-state index in [-0.39, 0.29) is 30.2 Å². The molecule has 0 saturated carbocycles. The lowest BCUT2D eigenvalue weighted by atomic mass is 10.1. The number of carboxylic acids is 1. The van der Waals surface area contributed by atoms with E-state index in [0.29, 0.717) is 0 Å². The van der Waals surface area contributed by atoms with Crippen molar-refractivity contribution >= 4 is 23.3 Å². The standard InChI is InChI=1S/C12H12N2O6/c1-2-8(12(16)17)13-9-4-3-7(14(18)19)5-10(9)20-6-11(13)15/h3-5,8H,2,6H2,1H3,(H,16,17). The normalized spacial score (nSPS) is 15.2. The number of anilines is 1. The van der Waals surface area contributed by atoms with Gasteiger partial charge in [0.05, 0.1) is 16.7 Å². The van der Waals surface area contributed by atoms with Gasteiger partial charge in [-0.2, -0.15) is 0 Å². The van der Waals surface area contributed by atoms with Crippen molar-refractivity contribution in [3.05, 3.63) is 28.3 Å². The van der Waals surface area contributed by atoms with Crippen molar-refractivity contribution in [2.75, 3.05) is 11.5 Å². The minimum Gasteiger partial charge on any atom is -0.481 e. The molecular formula is C12H12N2O6. The molecule has 0 fully saturated rings. The third-order valence-electron chi connectivity index (χ3n) is 3.02. The lowest BCUT2D eigenvalue weighted by Gasteiger charge is -2.33. The van der Waals surface area contributed by atoms with Crippen molar-refractivity contribution in [3.63, 3.8) is 0 Å². The summed E-state index contributed by atoms with van der Waals surface area (Å²) in [5, 5.41) is 19.9. The fraction of sp³-hybridized carbons (Fsp3) is 0.333. The number of hydrogen-bond donors (Lipinski definition) is 1. The van der Waals surface area contributed by atoms with Crippen molar-refractivity contribution in [2.24, 2.45) is 0 Å². The number of amides is 1. The van der Waals surface area contributed by atoms with Crippen molar-refractivity contribution in [1.82, 2.24) is 0 Å². The van der Waals surface area contributed by atoms with Gasteiger partial charge in [0.25, 0.3) is 11.6 Å². The van der Waals surface area contributed by atoms with Crippen LogP contribution >= 0.6 is 0 Å². The zero-order valence-electron chi connectivity index (χ0n) is 10.6. The van der Waals surface area contributed by atoms with Crippen LogP contribution in [0.2, 0.25) is 0 Å². The maximum atomic E-state index is 11.9. The van der Waals surface area contributed by atoms with Gasteiger partial charge in [0.15, 0.2) is 12.4 Å². The second-order valence-corrected chi connectivity index (χ2v) is 4.22. The van der Waals surface area contributed by atoms with E-state index in [0.717, 1.165) is 4.90 Å². The number of ether oxygens (including phenoxy) is 1. The summed E-state index contributed by atoms with van der Waals surface area (Å²) in [5.74, 6) is -1.48. The van der Waals surface area contributed by atoms with Gasteiger partial charge in [0.1, 0.15) is 6.04 Å². The summed E-state index contributed by atoms with van der Waals surface area (Å²) in [7, 11) is 0. The molecule has 1 aliphatic rings. The van der Waals surface area contributed by atoms with Crippen LogP contribution in [0.5, 0.6) is 5.75 Å². The number of carbonyl (C=O) groups excluding carboxylic acids is 1. The highest BCUT2D eigenvalue weighted by molar-refractivity contribution is 6.02. The van der Waals surface area contributed by atoms with E-state index < -0.39 is 22.8 Å². The molecule has 8 nitrogen and oxygen atoms in total. The quantitative estimate of drug-likeness (QED) is 0.655. The minimum absolute atomic E-state index is 0.138. The molecule has 0 spiro atoms. The lowest BCUT2D eigenvalue weighted by Crippen LogP contribution is -2.49. The Kier molecular flexibility index (Phi) is 3.55. The first-order valence-electron chi connectivity index (χ1n) is 5.91. The van der Waals surface area contributed by atoms with Gasteiger partial charge in [-0.05, 0) is 12.5 Å². The highest BCUT2D eigenvalue weighted by Gasteiger charge is 2.35. The molecule has 2 rings (SSSR count). The Hall–Kier alpha value is -2.64. The molecule has 0 aliphatic carbocycles. The van der Waals surface area contributed by atoms with Gasteiger partial charge in [0.2, 0.25) is 0 Å². The molecule has 0 bridgehead atoms. The number of aliphatic carboxylic acids is 1. The predicted molar refractivity (Wildman–Crippen MR) is 67.8 cm³/mol. The Balaban J connectivity index is 2.49. The fourth-order valence-corrected chi connectivity index (χ4v) is 2.08. The molecule has 0 saturated heterocycles. The summed E-state index contributed by atoms with van der Waals surface area (Å²) in [6.07, 6.45) is 0.220. The van der Waals surface area contributed by atoms with Crippen LogP contribution in [0.25, 0.3) is 0 Å².